The molecule has 0 amide bonds. The third-order valence-corrected chi connectivity index (χ3v) is 6.44. The van der Waals surface area contributed by atoms with Crippen molar-refractivity contribution < 1.29 is 13.9 Å². The Labute approximate surface area is 215 Å². The first-order valence-electron chi connectivity index (χ1n) is 13.5. The summed E-state index contributed by atoms with van der Waals surface area (Å²) in [5, 5.41) is 0. The second-order valence-corrected chi connectivity index (χ2v) is 9.46. The van der Waals surface area contributed by atoms with Gasteiger partial charge in [0.1, 0.15) is 11.6 Å². The fraction of sp³-hybridized carbons (Fsp3) is 0.452. The number of halogens is 1. The van der Waals surface area contributed by atoms with Gasteiger partial charge in [0.2, 0.25) is 0 Å². The van der Waals surface area contributed by atoms with Gasteiger partial charge in [0, 0.05) is 24.0 Å². The van der Waals surface area contributed by atoms with Crippen molar-refractivity contribution in [2.75, 3.05) is 0 Å². The van der Waals surface area contributed by atoms with Gasteiger partial charge in [0.15, 0.2) is 5.82 Å². The highest BCUT2D eigenvalue weighted by Crippen LogP contribution is 2.21. The molecule has 0 aliphatic carbocycles. The number of benzene rings is 2. The molecule has 192 valence electrons. The van der Waals surface area contributed by atoms with Gasteiger partial charge in [-0.3, -0.25) is 0 Å². The van der Waals surface area contributed by atoms with E-state index in [-0.39, 0.29) is 11.6 Å². The smallest absolute Gasteiger partial charge is 0.343 e. The number of hydrogen-bond acceptors (Lipinski definition) is 4. The zero-order chi connectivity index (χ0) is 25.6. The first kappa shape index (κ1) is 27.5. The minimum atomic E-state index is -0.521. The van der Waals surface area contributed by atoms with Crippen LogP contribution in [0.3, 0.4) is 0 Å². The van der Waals surface area contributed by atoms with E-state index in [1.807, 2.05) is 12.4 Å². The second kappa shape index (κ2) is 15.1. The van der Waals surface area contributed by atoms with Gasteiger partial charge >= 0.3 is 5.97 Å². The Bertz CT molecular complexity index is 1060. The van der Waals surface area contributed by atoms with Crippen LogP contribution in [-0.4, -0.2) is 15.9 Å². The van der Waals surface area contributed by atoms with Crippen molar-refractivity contribution in [2.45, 2.75) is 90.9 Å². The zero-order valence-corrected chi connectivity index (χ0v) is 21.8. The van der Waals surface area contributed by atoms with E-state index in [1.54, 1.807) is 36.4 Å². The van der Waals surface area contributed by atoms with Crippen molar-refractivity contribution >= 4 is 5.97 Å². The van der Waals surface area contributed by atoms with E-state index < -0.39 is 5.97 Å². The Morgan fingerprint density at radius 2 is 1.42 bits per heavy atom. The average molecular weight is 491 g/mol. The molecule has 5 heteroatoms. The minimum Gasteiger partial charge on any atom is -0.423 e. The molecule has 0 radical (unpaired) electrons. The highest BCUT2D eigenvalue weighted by Gasteiger charge is 2.12. The third-order valence-electron chi connectivity index (χ3n) is 6.44. The van der Waals surface area contributed by atoms with Crippen LogP contribution in [0.2, 0.25) is 0 Å². The molecule has 0 aliphatic rings. The van der Waals surface area contributed by atoms with Gasteiger partial charge in [0.25, 0.3) is 0 Å². The Balaban J connectivity index is 1.47. The largest absolute Gasteiger partial charge is 0.423 e. The van der Waals surface area contributed by atoms with E-state index in [2.05, 4.69) is 23.8 Å². The molecule has 0 saturated carbocycles. The first-order chi connectivity index (χ1) is 17.6. The number of unbranched alkanes of at least 4 members (excludes halogenated alkanes) is 8. The summed E-state index contributed by atoms with van der Waals surface area (Å²) >= 11 is 0. The normalized spacial score (nSPS) is 11.0. The van der Waals surface area contributed by atoms with E-state index in [1.165, 1.54) is 44.6 Å². The van der Waals surface area contributed by atoms with Crippen LogP contribution in [0.25, 0.3) is 11.4 Å². The number of carbonyl (C=O) groups is 1. The van der Waals surface area contributed by atoms with Gasteiger partial charge in [-0.2, -0.15) is 0 Å². The molecule has 36 heavy (non-hydrogen) atoms. The average Bonchev–Trinajstić information content (AvgIpc) is 2.90. The summed E-state index contributed by atoms with van der Waals surface area (Å²) in [6, 6.07) is 11.7. The topological polar surface area (TPSA) is 52.1 Å². The van der Waals surface area contributed by atoms with Gasteiger partial charge in [-0.1, -0.05) is 83.4 Å². The molecule has 0 bridgehead atoms. The summed E-state index contributed by atoms with van der Waals surface area (Å²) in [6.45, 7) is 4.38. The second-order valence-electron chi connectivity index (χ2n) is 9.46. The lowest BCUT2D eigenvalue weighted by atomic mass is 10.0. The van der Waals surface area contributed by atoms with Gasteiger partial charge in [0.05, 0.1) is 5.56 Å². The summed E-state index contributed by atoms with van der Waals surface area (Å²) in [6.07, 6.45) is 17.4. The maximum absolute atomic E-state index is 14.6. The fourth-order valence-corrected chi connectivity index (χ4v) is 4.18. The third kappa shape index (κ3) is 8.85. The summed E-state index contributed by atoms with van der Waals surface area (Å²) < 4.78 is 20.0. The number of esters is 1. The number of ether oxygens (including phenoxy) is 1. The molecule has 1 aromatic heterocycles. The van der Waals surface area contributed by atoms with Crippen LogP contribution < -0.4 is 4.74 Å². The van der Waals surface area contributed by atoms with Gasteiger partial charge in [-0.25, -0.2) is 19.2 Å². The lowest BCUT2D eigenvalue weighted by Crippen LogP contribution is -2.09. The lowest BCUT2D eigenvalue weighted by Gasteiger charge is -2.08. The van der Waals surface area contributed by atoms with E-state index >= 15 is 0 Å². The van der Waals surface area contributed by atoms with Crippen molar-refractivity contribution in [2.24, 2.45) is 0 Å². The van der Waals surface area contributed by atoms with Crippen LogP contribution in [0.15, 0.2) is 54.9 Å². The standard InChI is InChI=1S/C31H39FN2O2/c1-3-5-7-8-9-10-11-12-14-25-19-20-28(21-29(25)32)36-31(35)27-17-15-26(16-18-27)30-33-22-24(23-34-30)13-6-4-2/h15-23H,3-14H2,1-2H3. The predicted octanol–water partition coefficient (Wildman–Crippen LogP) is 8.53. The number of carbonyl (C=O) groups excluding carboxylic acids is 1. The molecular formula is C31H39FN2O2. The Kier molecular flexibility index (Phi) is 11.6. The maximum Gasteiger partial charge on any atom is 0.343 e. The number of hydrogen-bond donors (Lipinski definition) is 0. The quantitative estimate of drug-likeness (QED) is 0.122. The Hall–Kier alpha value is -3.08. The number of rotatable bonds is 15. The fourth-order valence-electron chi connectivity index (χ4n) is 4.18. The molecule has 0 spiro atoms. The number of aromatic nitrogens is 2. The van der Waals surface area contributed by atoms with Crippen LogP contribution in [-0.2, 0) is 12.8 Å². The molecule has 0 saturated heterocycles. The molecule has 0 unspecified atom stereocenters. The van der Waals surface area contributed by atoms with Crippen LogP contribution in [0.1, 0.15) is 99.5 Å². The van der Waals surface area contributed by atoms with E-state index in [4.69, 9.17) is 4.74 Å². The Morgan fingerprint density at radius 1 is 0.778 bits per heavy atom. The molecule has 0 N–H and O–H groups in total. The van der Waals surface area contributed by atoms with Crippen molar-refractivity contribution in [1.29, 1.82) is 0 Å². The molecule has 3 rings (SSSR count). The van der Waals surface area contributed by atoms with E-state index in [9.17, 15) is 9.18 Å². The highest BCUT2D eigenvalue weighted by molar-refractivity contribution is 5.91. The van der Waals surface area contributed by atoms with Crippen molar-refractivity contribution in [3.63, 3.8) is 0 Å². The van der Waals surface area contributed by atoms with E-state index in [0.717, 1.165) is 43.2 Å². The number of aryl methyl sites for hydroxylation is 2. The molecule has 3 aromatic rings. The summed E-state index contributed by atoms with van der Waals surface area (Å²) in [5.41, 5.74) is 3.01. The van der Waals surface area contributed by atoms with Gasteiger partial charge in [-0.05, 0) is 55.0 Å². The van der Waals surface area contributed by atoms with Gasteiger partial charge < -0.3 is 4.74 Å². The summed E-state index contributed by atoms with van der Waals surface area (Å²) in [4.78, 5) is 21.4. The van der Waals surface area contributed by atoms with Crippen molar-refractivity contribution in [3.8, 4) is 17.1 Å². The highest BCUT2D eigenvalue weighted by atomic mass is 19.1. The number of nitrogens with zero attached hydrogens (tertiary/aromatic N) is 2. The monoisotopic (exact) mass is 490 g/mol. The van der Waals surface area contributed by atoms with Crippen molar-refractivity contribution in [1.82, 2.24) is 9.97 Å². The summed E-state index contributed by atoms with van der Waals surface area (Å²) in [5.74, 6) is -0.0118. The van der Waals surface area contributed by atoms with Crippen LogP contribution in [0.4, 0.5) is 4.39 Å². The van der Waals surface area contributed by atoms with Crippen LogP contribution in [0, 0.1) is 5.82 Å². The Morgan fingerprint density at radius 3 is 2.06 bits per heavy atom. The molecular weight excluding hydrogens is 451 g/mol. The van der Waals surface area contributed by atoms with E-state index in [0.29, 0.717) is 23.4 Å². The van der Waals surface area contributed by atoms with Gasteiger partial charge in [-0.15, -0.1) is 0 Å². The first-order valence-corrected chi connectivity index (χ1v) is 13.5. The maximum atomic E-state index is 14.6. The molecule has 0 fully saturated rings. The SMILES string of the molecule is CCCCCCCCCCc1ccc(OC(=O)c2ccc(-c3ncc(CCCC)cn3)cc2)cc1F. The lowest BCUT2D eigenvalue weighted by molar-refractivity contribution is 0.0734. The molecule has 1 heterocycles. The zero-order valence-electron chi connectivity index (χ0n) is 21.8. The van der Waals surface area contributed by atoms with Crippen LogP contribution >= 0.6 is 0 Å². The summed E-state index contributed by atoms with van der Waals surface area (Å²) in [7, 11) is 0. The predicted molar refractivity (Wildman–Crippen MR) is 144 cm³/mol. The molecule has 0 atom stereocenters. The van der Waals surface area contributed by atoms with Crippen LogP contribution in [0.5, 0.6) is 5.75 Å². The molecule has 0 aliphatic heterocycles. The molecule has 2 aromatic carbocycles. The van der Waals surface area contributed by atoms with Crippen molar-refractivity contribution in [3.05, 3.63) is 77.4 Å². The minimum absolute atomic E-state index is 0.215. The molecule has 4 nitrogen and oxygen atoms in total.